The summed E-state index contributed by atoms with van der Waals surface area (Å²) in [6.45, 7) is 4.25. The topological polar surface area (TPSA) is 47.9 Å². The minimum absolute atomic E-state index is 0.237. The summed E-state index contributed by atoms with van der Waals surface area (Å²) < 4.78 is 16.6. The van der Waals surface area contributed by atoms with E-state index in [1.54, 1.807) is 19.2 Å². The summed E-state index contributed by atoms with van der Waals surface area (Å²) in [5, 5.41) is 9.46. The molecule has 0 aliphatic carbocycles. The molecule has 0 atom stereocenters. The summed E-state index contributed by atoms with van der Waals surface area (Å²) in [5.74, 6) is 1.71. The van der Waals surface area contributed by atoms with Gasteiger partial charge in [-0.05, 0) is 54.8 Å². The van der Waals surface area contributed by atoms with E-state index in [0.717, 1.165) is 28.2 Å². The van der Waals surface area contributed by atoms with E-state index in [1.807, 2.05) is 38.1 Å². The zero-order valence-corrected chi connectivity index (χ0v) is 12.3. The van der Waals surface area contributed by atoms with Crippen LogP contribution < -0.4 is 9.47 Å². The lowest BCUT2D eigenvalue weighted by Crippen LogP contribution is -2.20. The number of rotatable bonds is 3. The lowest BCUT2D eigenvalue weighted by Gasteiger charge is -2.27. The van der Waals surface area contributed by atoms with Crippen molar-refractivity contribution in [2.24, 2.45) is 0 Å². The number of hydrogen-bond acceptors (Lipinski definition) is 4. The molecule has 0 spiro atoms. The molecule has 1 aliphatic heterocycles. The van der Waals surface area contributed by atoms with Crippen molar-refractivity contribution in [1.29, 1.82) is 0 Å². The molecule has 110 valence electrons. The highest BCUT2D eigenvalue weighted by Crippen LogP contribution is 2.43. The highest BCUT2D eigenvalue weighted by Gasteiger charge is 2.27. The SMILES string of the molecule is COC(C)(C)c1cc2c(cc1-c1ccc(O)cc1)OCO2. The molecule has 1 aliphatic rings. The maximum atomic E-state index is 9.46. The molecular formula is C17H18O4. The summed E-state index contributed by atoms with van der Waals surface area (Å²) in [7, 11) is 1.69. The van der Waals surface area contributed by atoms with E-state index >= 15 is 0 Å². The van der Waals surface area contributed by atoms with Gasteiger partial charge in [0, 0.05) is 7.11 Å². The van der Waals surface area contributed by atoms with Gasteiger partial charge in [0.15, 0.2) is 11.5 Å². The fraction of sp³-hybridized carbons (Fsp3) is 0.294. The first-order chi connectivity index (χ1) is 10.0. The molecule has 0 aromatic heterocycles. The maximum absolute atomic E-state index is 9.46. The van der Waals surface area contributed by atoms with Crippen LogP contribution in [0.2, 0.25) is 0 Å². The van der Waals surface area contributed by atoms with Gasteiger partial charge in [-0.15, -0.1) is 0 Å². The lowest BCUT2D eigenvalue weighted by atomic mass is 9.89. The summed E-state index contributed by atoms with van der Waals surface area (Å²) in [6, 6.07) is 11.0. The van der Waals surface area contributed by atoms with Gasteiger partial charge in [0.2, 0.25) is 6.79 Å². The molecule has 0 saturated heterocycles. The van der Waals surface area contributed by atoms with Gasteiger partial charge in [-0.1, -0.05) is 12.1 Å². The average Bonchev–Trinajstić information content (AvgIpc) is 2.94. The molecule has 4 nitrogen and oxygen atoms in total. The van der Waals surface area contributed by atoms with Crippen LogP contribution in [0.5, 0.6) is 17.2 Å². The normalized spacial score (nSPS) is 13.5. The standard InChI is InChI=1S/C17H18O4/c1-17(2,19-3)14-9-16-15(20-10-21-16)8-13(14)11-4-6-12(18)7-5-11/h4-9,18H,10H2,1-3H3. The number of ether oxygens (including phenoxy) is 3. The van der Waals surface area contributed by atoms with Crippen molar-refractivity contribution >= 4 is 0 Å². The van der Waals surface area contributed by atoms with Crippen molar-refractivity contribution in [3.63, 3.8) is 0 Å². The molecule has 0 bridgehead atoms. The molecule has 0 amide bonds. The van der Waals surface area contributed by atoms with Crippen LogP contribution in [0, 0.1) is 0 Å². The first-order valence-electron chi connectivity index (χ1n) is 6.80. The van der Waals surface area contributed by atoms with Crippen molar-refractivity contribution in [2.45, 2.75) is 19.4 Å². The van der Waals surface area contributed by atoms with E-state index in [2.05, 4.69) is 0 Å². The second kappa shape index (κ2) is 4.97. The van der Waals surface area contributed by atoms with Gasteiger partial charge >= 0.3 is 0 Å². The van der Waals surface area contributed by atoms with E-state index in [-0.39, 0.29) is 12.5 Å². The van der Waals surface area contributed by atoms with Crippen molar-refractivity contribution in [2.75, 3.05) is 13.9 Å². The number of fused-ring (bicyclic) bond motifs is 1. The Balaban J connectivity index is 2.20. The van der Waals surface area contributed by atoms with Gasteiger partial charge < -0.3 is 19.3 Å². The Labute approximate surface area is 123 Å². The zero-order valence-electron chi connectivity index (χ0n) is 12.3. The molecule has 3 rings (SSSR count). The molecule has 0 saturated carbocycles. The molecule has 21 heavy (non-hydrogen) atoms. The van der Waals surface area contributed by atoms with Gasteiger partial charge in [0.25, 0.3) is 0 Å². The zero-order chi connectivity index (χ0) is 15.0. The van der Waals surface area contributed by atoms with Gasteiger partial charge in [-0.3, -0.25) is 0 Å². The predicted molar refractivity (Wildman–Crippen MR) is 79.7 cm³/mol. The van der Waals surface area contributed by atoms with Crippen molar-refractivity contribution < 1.29 is 19.3 Å². The van der Waals surface area contributed by atoms with Crippen molar-refractivity contribution in [3.05, 3.63) is 42.0 Å². The summed E-state index contributed by atoms with van der Waals surface area (Å²) in [5.41, 5.74) is 2.55. The van der Waals surface area contributed by atoms with Crippen LogP contribution in [0.25, 0.3) is 11.1 Å². The Hall–Kier alpha value is -2.20. The molecule has 1 heterocycles. The fourth-order valence-corrected chi connectivity index (χ4v) is 2.43. The van der Waals surface area contributed by atoms with Crippen molar-refractivity contribution in [3.8, 4) is 28.4 Å². The minimum atomic E-state index is -0.464. The van der Waals surface area contributed by atoms with E-state index in [0.29, 0.717) is 0 Å². The molecule has 1 N–H and O–H groups in total. The van der Waals surface area contributed by atoms with Gasteiger partial charge in [0.05, 0.1) is 5.60 Å². The number of methoxy groups -OCH3 is 1. The molecular weight excluding hydrogens is 268 g/mol. The summed E-state index contributed by atoms with van der Waals surface area (Å²) >= 11 is 0. The third kappa shape index (κ3) is 2.43. The van der Waals surface area contributed by atoms with Gasteiger partial charge in [0.1, 0.15) is 5.75 Å². The number of aromatic hydroxyl groups is 1. The monoisotopic (exact) mass is 286 g/mol. The Bertz CT molecular complexity index is 659. The maximum Gasteiger partial charge on any atom is 0.231 e. The second-order valence-electron chi connectivity index (χ2n) is 5.51. The lowest BCUT2D eigenvalue weighted by molar-refractivity contribution is 0.0195. The van der Waals surface area contributed by atoms with E-state index in [4.69, 9.17) is 14.2 Å². The smallest absolute Gasteiger partial charge is 0.231 e. The van der Waals surface area contributed by atoms with Crippen LogP contribution in [0.4, 0.5) is 0 Å². The van der Waals surface area contributed by atoms with Crippen LogP contribution in [0.1, 0.15) is 19.4 Å². The molecule has 2 aromatic rings. The Morgan fingerprint density at radius 3 is 2.29 bits per heavy atom. The van der Waals surface area contributed by atoms with Gasteiger partial charge in [-0.25, -0.2) is 0 Å². The predicted octanol–water partition coefficient (Wildman–Crippen LogP) is 3.67. The summed E-state index contributed by atoms with van der Waals surface area (Å²) in [6.07, 6.45) is 0. The number of benzene rings is 2. The van der Waals surface area contributed by atoms with E-state index in [1.165, 1.54) is 0 Å². The van der Waals surface area contributed by atoms with Crippen LogP contribution in [-0.4, -0.2) is 19.0 Å². The molecule has 2 aromatic carbocycles. The van der Waals surface area contributed by atoms with Crippen LogP contribution in [0.15, 0.2) is 36.4 Å². The van der Waals surface area contributed by atoms with Gasteiger partial charge in [-0.2, -0.15) is 0 Å². The third-order valence-corrected chi connectivity index (χ3v) is 3.85. The highest BCUT2D eigenvalue weighted by molar-refractivity contribution is 5.73. The van der Waals surface area contributed by atoms with Crippen LogP contribution in [0.3, 0.4) is 0 Å². The number of phenolic OH excluding ortho intramolecular Hbond substituents is 1. The fourth-order valence-electron chi connectivity index (χ4n) is 2.43. The molecule has 4 heteroatoms. The van der Waals surface area contributed by atoms with Crippen molar-refractivity contribution in [1.82, 2.24) is 0 Å². The second-order valence-corrected chi connectivity index (χ2v) is 5.51. The Morgan fingerprint density at radius 1 is 1.05 bits per heavy atom. The van der Waals surface area contributed by atoms with Crippen LogP contribution >= 0.6 is 0 Å². The van der Waals surface area contributed by atoms with E-state index < -0.39 is 5.60 Å². The Morgan fingerprint density at radius 2 is 1.67 bits per heavy atom. The number of phenols is 1. The van der Waals surface area contributed by atoms with E-state index in [9.17, 15) is 5.11 Å². The largest absolute Gasteiger partial charge is 0.508 e. The average molecular weight is 286 g/mol. The quantitative estimate of drug-likeness (QED) is 0.935. The third-order valence-electron chi connectivity index (χ3n) is 3.85. The first-order valence-corrected chi connectivity index (χ1v) is 6.80. The molecule has 0 unspecified atom stereocenters. The highest BCUT2D eigenvalue weighted by atomic mass is 16.7. The van der Waals surface area contributed by atoms with Crippen LogP contribution in [-0.2, 0) is 10.3 Å². The summed E-state index contributed by atoms with van der Waals surface area (Å²) in [4.78, 5) is 0. The first kappa shape index (κ1) is 13.8. The number of hydrogen-bond donors (Lipinski definition) is 1. The molecule has 0 fully saturated rings. The minimum Gasteiger partial charge on any atom is -0.508 e. The Kier molecular flexibility index (Phi) is 3.26. The molecule has 0 radical (unpaired) electrons.